The van der Waals surface area contributed by atoms with Crippen LogP contribution in [0.15, 0.2) is 96.1 Å². The van der Waals surface area contributed by atoms with Crippen molar-refractivity contribution in [3.05, 3.63) is 129 Å². The van der Waals surface area contributed by atoms with Gasteiger partial charge >= 0.3 is 263 Å². The molecule has 0 aliphatic heterocycles. The van der Waals surface area contributed by atoms with Crippen LogP contribution in [0.2, 0.25) is 0 Å². The van der Waals surface area contributed by atoms with Crippen molar-refractivity contribution in [1.29, 1.82) is 0 Å². The Morgan fingerprint density at radius 1 is 0.523 bits per heavy atom. The van der Waals surface area contributed by atoms with Crippen molar-refractivity contribution >= 4 is 41.2 Å². The molecular formula is C41H46Cl2Zr. The average Bonchev–Trinajstić information content (AvgIpc) is 3.47. The average molecular weight is 701 g/mol. The number of allylic oxidation sites excluding steroid dienone is 2. The Hall–Kier alpha value is -2.31. The standard InChI is InChI=1S/2C20H21.CH2.2ClH.Zr/c2*1-14-12-16-6-5-7-18(19(16)13-14)15-8-10-17(11-9-15)20(2,3)4;;;;/h2*5-13H,1-4H3;1H2;2*1H;. The number of halogens is 2. The first-order chi connectivity index (χ1) is 19.8. The summed E-state index contributed by atoms with van der Waals surface area (Å²) in [4.78, 5) is 0. The summed E-state index contributed by atoms with van der Waals surface area (Å²) in [5, 5.41) is 0. The fraction of sp³-hybridized carbons (Fsp3) is 0.293. The number of rotatable bonds is 4. The van der Waals surface area contributed by atoms with Crippen molar-refractivity contribution < 1.29 is 21.3 Å². The fourth-order valence-corrected chi connectivity index (χ4v) is 14.4. The van der Waals surface area contributed by atoms with Crippen LogP contribution in [-0.4, -0.2) is 4.21 Å². The third kappa shape index (κ3) is 6.23. The van der Waals surface area contributed by atoms with Crippen LogP contribution in [-0.2, 0) is 32.1 Å². The van der Waals surface area contributed by atoms with Crippen molar-refractivity contribution in [3.63, 3.8) is 0 Å². The minimum atomic E-state index is -2.31. The summed E-state index contributed by atoms with van der Waals surface area (Å²) >= 11 is -2.31. The topological polar surface area (TPSA) is 0 Å². The van der Waals surface area contributed by atoms with Gasteiger partial charge in [0.2, 0.25) is 0 Å². The molecule has 0 aromatic heterocycles. The van der Waals surface area contributed by atoms with Crippen LogP contribution in [0.1, 0.15) is 96.0 Å². The molecule has 0 amide bonds. The van der Waals surface area contributed by atoms with Crippen LogP contribution in [0.5, 0.6) is 0 Å². The first-order valence-electron chi connectivity index (χ1n) is 15.4. The molecule has 0 heterocycles. The quantitative estimate of drug-likeness (QED) is 0.199. The monoisotopic (exact) mass is 698 g/mol. The number of hydrogen-bond acceptors (Lipinski definition) is 0. The molecular weight excluding hydrogens is 655 g/mol. The van der Waals surface area contributed by atoms with Crippen LogP contribution in [0.25, 0.3) is 34.4 Å². The molecule has 6 rings (SSSR count). The maximum atomic E-state index is 5.10. The van der Waals surface area contributed by atoms with E-state index in [0.717, 1.165) is 0 Å². The van der Waals surface area contributed by atoms with Crippen LogP contribution >= 0.6 is 24.8 Å². The van der Waals surface area contributed by atoms with Crippen LogP contribution < -0.4 is 0 Å². The van der Waals surface area contributed by atoms with Gasteiger partial charge in [0.25, 0.3) is 0 Å². The Balaban J connectivity index is 0.00000221. The summed E-state index contributed by atoms with van der Waals surface area (Å²) in [5.41, 5.74) is 17.2. The van der Waals surface area contributed by atoms with E-state index in [9.17, 15) is 0 Å². The molecule has 0 fully saturated rings. The van der Waals surface area contributed by atoms with Gasteiger partial charge in [0, 0.05) is 0 Å². The molecule has 2 aliphatic rings. The summed E-state index contributed by atoms with van der Waals surface area (Å²) in [7, 11) is 0. The fourth-order valence-electron chi connectivity index (χ4n) is 7.06. The van der Waals surface area contributed by atoms with Crippen molar-refractivity contribution in [2.75, 3.05) is 0 Å². The number of fused-ring (bicyclic) bond motifs is 2. The molecule has 0 saturated heterocycles. The summed E-state index contributed by atoms with van der Waals surface area (Å²) in [5.74, 6) is 0. The summed E-state index contributed by atoms with van der Waals surface area (Å²) in [6.45, 7) is 18.4. The molecule has 3 heteroatoms. The van der Waals surface area contributed by atoms with Crippen molar-refractivity contribution in [1.82, 2.24) is 0 Å². The molecule has 4 aromatic rings. The van der Waals surface area contributed by atoms with Crippen molar-refractivity contribution in [2.24, 2.45) is 0 Å². The van der Waals surface area contributed by atoms with Gasteiger partial charge in [-0.1, -0.05) is 0 Å². The van der Waals surface area contributed by atoms with Gasteiger partial charge in [-0.2, -0.15) is 0 Å². The number of hydrogen-bond donors (Lipinski definition) is 0. The minimum absolute atomic E-state index is 0. The summed E-state index contributed by atoms with van der Waals surface area (Å²) in [6.07, 6.45) is 4.95. The molecule has 0 saturated carbocycles. The van der Waals surface area contributed by atoms with Gasteiger partial charge in [0.15, 0.2) is 0 Å². The van der Waals surface area contributed by atoms with Gasteiger partial charge in [0.1, 0.15) is 0 Å². The van der Waals surface area contributed by atoms with Crippen LogP contribution in [0, 0.1) is 0 Å². The van der Waals surface area contributed by atoms with E-state index in [1.807, 2.05) is 0 Å². The molecule has 0 nitrogen and oxygen atoms in total. The Morgan fingerprint density at radius 2 is 0.864 bits per heavy atom. The predicted molar refractivity (Wildman–Crippen MR) is 196 cm³/mol. The van der Waals surface area contributed by atoms with Crippen molar-refractivity contribution in [3.8, 4) is 22.3 Å². The van der Waals surface area contributed by atoms with Crippen molar-refractivity contribution in [2.45, 2.75) is 73.5 Å². The molecule has 0 radical (unpaired) electrons. The van der Waals surface area contributed by atoms with E-state index in [4.69, 9.17) is 4.21 Å². The molecule has 4 aromatic carbocycles. The second kappa shape index (κ2) is 12.8. The van der Waals surface area contributed by atoms with Gasteiger partial charge < -0.3 is 0 Å². The van der Waals surface area contributed by atoms with Gasteiger partial charge in [-0.15, -0.1) is 24.8 Å². The van der Waals surface area contributed by atoms with Crippen LogP contribution in [0.3, 0.4) is 0 Å². The second-order valence-corrected chi connectivity index (χ2v) is 20.2. The Morgan fingerprint density at radius 3 is 1.18 bits per heavy atom. The first-order valence-corrected chi connectivity index (χ1v) is 19.9. The zero-order valence-corrected chi connectivity index (χ0v) is 31.5. The molecule has 0 spiro atoms. The van der Waals surface area contributed by atoms with Crippen LogP contribution in [0.4, 0.5) is 0 Å². The van der Waals surface area contributed by atoms with E-state index in [1.54, 1.807) is 0 Å². The third-order valence-corrected chi connectivity index (χ3v) is 16.8. The third-order valence-electron chi connectivity index (χ3n) is 9.42. The predicted octanol–water partition coefficient (Wildman–Crippen LogP) is 12.1. The zero-order chi connectivity index (χ0) is 30.0. The maximum absolute atomic E-state index is 5.10. The second-order valence-electron chi connectivity index (χ2n) is 14.5. The van der Waals surface area contributed by atoms with E-state index in [-0.39, 0.29) is 35.6 Å². The van der Waals surface area contributed by atoms with Gasteiger partial charge in [-0.3, -0.25) is 0 Å². The molecule has 228 valence electrons. The molecule has 44 heavy (non-hydrogen) atoms. The van der Waals surface area contributed by atoms with Gasteiger partial charge in [-0.25, -0.2) is 0 Å². The van der Waals surface area contributed by atoms with Gasteiger partial charge in [0.05, 0.1) is 0 Å². The molecule has 0 N–H and O–H groups in total. The first kappa shape index (κ1) is 34.6. The molecule has 2 unspecified atom stereocenters. The summed E-state index contributed by atoms with van der Waals surface area (Å²) < 4.78 is 6.08. The van der Waals surface area contributed by atoms with E-state index in [0.29, 0.717) is 7.25 Å². The van der Waals surface area contributed by atoms with Gasteiger partial charge in [-0.05, 0) is 0 Å². The van der Waals surface area contributed by atoms with E-state index in [1.165, 1.54) is 66.8 Å². The Labute approximate surface area is 285 Å². The normalized spacial score (nSPS) is 17.1. The molecule has 0 bridgehead atoms. The Kier molecular flexibility index (Phi) is 10.1. The van der Waals surface area contributed by atoms with E-state index >= 15 is 0 Å². The van der Waals surface area contributed by atoms with E-state index in [2.05, 4.69) is 152 Å². The molecule has 2 aliphatic carbocycles. The van der Waals surface area contributed by atoms with E-state index < -0.39 is 21.3 Å². The zero-order valence-electron chi connectivity index (χ0n) is 27.4. The SMILES string of the molecule is Cl.Cl.[CH2]=[Zr]([CH]1C(C)=Cc2c(-c3ccc(C(C)(C)C)cc3)cccc21)[CH]1C(C)=Cc2c(-c3ccc(C(C)(C)C)cc3)cccc21. The number of benzene rings is 4. The molecule has 2 atom stereocenters. The Bertz CT molecular complexity index is 1630. The summed E-state index contributed by atoms with van der Waals surface area (Å²) in [6, 6.07) is 32.4.